The third-order valence-corrected chi connectivity index (χ3v) is 6.93. The number of carbonyl (C=O) groups excluding carboxylic acids is 1. The standard InChI is InChI=1S/C25H27N5OS/c1-18(2)22-16-21(27-30(22)25-26-20-10-6-7-11-23(20)32-25)24(31)29-14-12-28(13-15-29)17-19-8-4-3-5-9-19/h3-11,16,18H,12-15,17H2,1-2H3. The van der Waals surface area contributed by atoms with Gasteiger partial charge in [0.2, 0.25) is 5.13 Å². The highest BCUT2D eigenvalue weighted by molar-refractivity contribution is 7.20. The summed E-state index contributed by atoms with van der Waals surface area (Å²) in [6, 6.07) is 20.5. The van der Waals surface area contributed by atoms with Crippen LogP contribution in [0.5, 0.6) is 0 Å². The molecule has 5 rings (SSSR count). The van der Waals surface area contributed by atoms with E-state index in [1.165, 1.54) is 5.56 Å². The van der Waals surface area contributed by atoms with Crippen molar-refractivity contribution < 1.29 is 4.79 Å². The maximum absolute atomic E-state index is 13.3. The second kappa shape index (κ2) is 8.84. The van der Waals surface area contributed by atoms with E-state index in [0.29, 0.717) is 5.69 Å². The molecule has 3 heterocycles. The highest BCUT2D eigenvalue weighted by Gasteiger charge is 2.26. The average Bonchev–Trinajstić information content (AvgIpc) is 3.44. The molecule has 1 aliphatic heterocycles. The largest absolute Gasteiger partial charge is 0.335 e. The fraction of sp³-hybridized carbons (Fsp3) is 0.320. The SMILES string of the molecule is CC(C)c1cc(C(=O)N2CCN(Cc3ccccc3)CC2)nn1-c1nc2ccccc2s1. The van der Waals surface area contributed by atoms with E-state index in [-0.39, 0.29) is 11.8 Å². The van der Waals surface area contributed by atoms with Gasteiger partial charge in [-0.3, -0.25) is 9.69 Å². The minimum atomic E-state index is 0.00567. The summed E-state index contributed by atoms with van der Waals surface area (Å²) in [5.74, 6) is 0.241. The first-order valence-corrected chi connectivity index (χ1v) is 11.9. The lowest BCUT2D eigenvalue weighted by Crippen LogP contribution is -2.48. The van der Waals surface area contributed by atoms with Gasteiger partial charge in [0.25, 0.3) is 5.91 Å². The molecule has 1 saturated heterocycles. The lowest BCUT2D eigenvalue weighted by atomic mass is 10.1. The van der Waals surface area contributed by atoms with Crippen LogP contribution < -0.4 is 0 Å². The van der Waals surface area contributed by atoms with Crippen LogP contribution >= 0.6 is 11.3 Å². The van der Waals surface area contributed by atoms with Crippen LogP contribution in [0, 0.1) is 0 Å². The molecule has 0 aliphatic carbocycles. The maximum atomic E-state index is 13.3. The predicted molar refractivity (Wildman–Crippen MR) is 128 cm³/mol. The van der Waals surface area contributed by atoms with Crippen molar-refractivity contribution in [3.8, 4) is 5.13 Å². The van der Waals surface area contributed by atoms with Gasteiger partial charge < -0.3 is 4.90 Å². The summed E-state index contributed by atoms with van der Waals surface area (Å²) in [5, 5.41) is 5.53. The van der Waals surface area contributed by atoms with Crippen molar-refractivity contribution in [3.05, 3.63) is 77.6 Å². The van der Waals surface area contributed by atoms with Crippen LogP contribution in [-0.4, -0.2) is 56.7 Å². The van der Waals surface area contributed by atoms with Crippen LogP contribution in [0.25, 0.3) is 15.3 Å². The third-order valence-electron chi connectivity index (χ3n) is 5.92. The molecular weight excluding hydrogens is 418 g/mol. The fourth-order valence-electron chi connectivity index (χ4n) is 4.13. The van der Waals surface area contributed by atoms with E-state index in [1.54, 1.807) is 11.3 Å². The Morgan fingerprint density at radius 2 is 1.72 bits per heavy atom. The summed E-state index contributed by atoms with van der Waals surface area (Å²) in [5.41, 5.74) is 3.78. The molecule has 164 valence electrons. The van der Waals surface area contributed by atoms with Crippen molar-refractivity contribution in [2.45, 2.75) is 26.3 Å². The summed E-state index contributed by atoms with van der Waals surface area (Å²) < 4.78 is 2.98. The number of para-hydroxylation sites is 1. The molecule has 7 heteroatoms. The summed E-state index contributed by atoms with van der Waals surface area (Å²) in [7, 11) is 0. The van der Waals surface area contributed by atoms with Gasteiger partial charge in [-0.2, -0.15) is 5.10 Å². The molecule has 0 saturated carbocycles. The van der Waals surface area contributed by atoms with Gasteiger partial charge in [0.1, 0.15) is 0 Å². The first-order valence-electron chi connectivity index (χ1n) is 11.1. The van der Waals surface area contributed by atoms with E-state index in [2.05, 4.69) is 49.1 Å². The molecule has 0 radical (unpaired) electrons. The normalized spacial score (nSPS) is 15.0. The van der Waals surface area contributed by atoms with Crippen molar-refractivity contribution >= 4 is 27.5 Å². The van der Waals surface area contributed by atoms with Crippen molar-refractivity contribution in [2.24, 2.45) is 0 Å². The van der Waals surface area contributed by atoms with Gasteiger partial charge in [-0.05, 0) is 29.7 Å². The summed E-state index contributed by atoms with van der Waals surface area (Å²) in [6.45, 7) is 8.35. The second-order valence-corrected chi connectivity index (χ2v) is 9.55. The van der Waals surface area contributed by atoms with Crippen LogP contribution in [0.1, 0.15) is 41.5 Å². The van der Waals surface area contributed by atoms with Crippen LogP contribution in [0.3, 0.4) is 0 Å². The molecule has 32 heavy (non-hydrogen) atoms. The van der Waals surface area contributed by atoms with Gasteiger partial charge >= 0.3 is 0 Å². The van der Waals surface area contributed by atoms with E-state index in [4.69, 9.17) is 10.1 Å². The number of nitrogens with zero attached hydrogens (tertiary/aromatic N) is 5. The van der Waals surface area contributed by atoms with Gasteiger partial charge in [-0.25, -0.2) is 9.67 Å². The highest BCUT2D eigenvalue weighted by atomic mass is 32.1. The Balaban J connectivity index is 1.32. The molecular formula is C25H27N5OS. The number of amides is 1. The van der Waals surface area contributed by atoms with Crippen molar-refractivity contribution in [2.75, 3.05) is 26.2 Å². The second-order valence-electron chi connectivity index (χ2n) is 8.54. The number of piperazine rings is 1. The van der Waals surface area contributed by atoms with Crippen molar-refractivity contribution in [1.82, 2.24) is 24.6 Å². The molecule has 4 aromatic rings. The van der Waals surface area contributed by atoms with Crippen LogP contribution in [0.15, 0.2) is 60.7 Å². The molecule has 2 aromatic heterocycles. The molecule has 1 fully saturated rings. The zero-order chi connectivity index (χ0) is 22.1. The molecule has 0 atom stereocenters. The Morgan fingerprint density at radius 1 is 1.00 bits per heavy atom. The van der Waals surface area contributed by atoms with E-state index < -0.39 is 0 Å². The fourth-order valence-corrected chi connectivity index (χ4v) is 5.07. The molecule has 2 aromatic carbocycles. The number of aromatic nitrogens is 3. The van der Waals surface area contributed by atoms with Gasteiger partial charge in [-0.1, -0.05) is 67.6 Å². The number of hydrogen-bond donors (Lipinski definition) is 0. The van der Waals surface area contributed by atoms with E-state index in [1.807, 2.05) is 39.9 Å². The predicted octanol–water partition coefficient (Wildman–Crippen LogP) is 4.56. The summed E-state index contributed by atoms with van der Waals surface area (Å²) in [4.78, 5) is 22.3. The molecule has 1 aliphatic rings. The number of benzene rings is 2. The van der Waals surface area contributed by atoms with E-state index in [9.17, 15) is 4.79 Å². The monoisotopic (exact) mass is 445 g/mol. The third kappa shape index (κ3) is 4.18. The molecule has 1 amide bonds. The zero-order valence-corrected chi connectivity index (χ0v) is 19.3. The number of hydrogen-bond acceptors (Lipinski definition) is 5. The lowest BCUT2D eigenvalue weighted by molar-refractivity contribution is 0.0622. The quantitative estimate of drug-likeness (QED) is 0.452. The first-order chi connectivity index (χ1) is 15.6. The summed E-state index contributed by atoms with van der Waals surface area (Å²) in [6.07, 6.45) is 0. The van der Waals surface area contributed by atoms with Crippen molar-refractivity contribution in [1.29, 1.82) is 0 Å². The smallest absolute Gasteiger partial charge is 0.274 e. The molecule has 0 N–H and O–H groups in total. The van der Waals surface area contributed by atoms with Gasteiger partial charge in [0, 0.05) is 32.7 Å². The molecule has 0 bridgehead atoms. The Morgan fingerprint density at radius 3 is 2.44 bits per heavy atom. The minimum absolute atomic E-state index is 0.00567. The number of carbonyl (C=O) groups is 1. The van der Waals surface area contributed by atoms with Crippen molar-refractivity contribution in [3.63, 3.8) is 0 Å². The van der Waals surface area contributed by atoms with Crippen LogP contribution in [-0.2, 0) is 6.54 Å². The zero-order valence-electron chi connectivity index (χ0n) is 18.4. The molecule has 0 spiro atoms. The lowest BCUT2D eigenvalue weighted by Gasteiger charge is -2.34. The number of rotatable bonds is 5. The Kier molecular flexibility index (Phi) is 5.76. The van der Waals surface area contributed by atoms with Gasteiger partial charge in [-0.15, -0.1) is 0 Å². The Hall–Kier alpha value is -3.03. The Labute approximate surface area is 192 Å². The maximum Gasteiger partial charge on any atom is 0.274 e. The topological polar surface area (TPSA) is 54.3 Å². The Bertz CT molecular complexity index is 1190. The average molecular weight is 446 g/mol. The highest BCUT2D eigenvalue weighted by Crippen LogP contribution is 2.28. The first kappa shape index (κ1) is 20.8. The van der Waals surface area contributed by atoms with Gasteiger partial charge in [0.05, 0.1) is 15.9 Å². The van der Waals surface area contributed by atoms with Crippen LogP contribution in [0.2, 0.25) is 0 Å². The number of fused-ring (bicyclic) bond motifs is 1. The molecule has 0 unspecified atom stereocenters. The minimum Gasteiger partial charge on any atom is -0.335 e. The van der Waals surface area contributed by atoms with E-state index in [0.717, 1.165) is 53.8 Å². The number of thiazole rings is 1. The summed E-state index contributed by atoms with van der Waals surface area (Å²) >= 11 is 1.60. The van der Waals surface area contributed by atoms with E-state index >= 15 is 0 Å². The molecule has 6 nitrogen and oxygen atoms in total. The van der Waals surface area contributed by atoms with Gasteiger partial charge in [0.15, 0.2) is 5.69 Å². The van der Waals surface area contributed by atoms with Crippen LogP contribution in [0.4, 0.5) is 0 Å².